The minimum absolute atomic E-state index is 0.0760. The molecule has 0 radical (unpaired) electrons. The molecule has 0 aromatic heterocycles. The third kappa shape index (κ3) is 5.09. The van der Waals surface area contributed by atoms with Crippen molar-refractivity contribution < 1.29 is 4.79 Å². The lowest BCUT2D eigenvalue weighted by Crippen LogP contribution is -2.51. The Hall–Kier alpha value is -2.40. The van der Waals surface area contributed by atoms with Crippen LogP contribution in [0.2, 0.25) is 15.1 Å². The van der Waals surface area contributed by atoms with Crippen LogP contribution in [0.5, 0.6) is 0 Å². The Morgan fingerprint density at radius 3 is 2.39 bits per heavy atom. The molecule has 0 saturated carbocycles. The van der Waals surface area contributed by atoms with Gasteiger partial charge in [0.05, 0.1) is 16.8 Å². The van der Waals surface area contributed by atoms with Crippen LogP contribution in [0.25, 0.3) is 0 Å². The third-order valence-corrected chi connectivity index (χ3v) is 6.20. The highest BCUT2D eigenvalue weighted by atomic mass is 35.5. The van der Waals surface area contributed by atoms with Crippen LogP contribution < -0.4 is 10.2 Å². The number of amides is 2. The monoisotopic (exact) mass is 473 g/mol. The molecule has 2 amide bonds. The summed E-state index contributed by atoms with van der Waals surface area (Å²) in [4.78, 5) is 17.1. The molecule has 1 aliphatic heterocycles. The van der Waals surface area contributed by atoms with Gasteiger partial charge in [0.2, 0.25) is 0 Å². The molecule has 4 nitrogen and oxygen atoms in total. The second kappa shape index (κ2) is 9.39. The summed E-state index contributed by atoms with van der Waals surface area (Å²) < 4.78 is 0. The summed E-state index contributed by atoms with van der Waals surface area (Å²) in [6.45, 7) is 3.72. The first kappa shape index (κ1) is 21.8. The Kier molecular flexibility index (Phi) is 6.61. The number of nitrogens with one attached hydrogen (secondary N) is 1. The van der Waals surface area contributed by atoms with E-state index in [0.29, 0.717) is 34.7 Å². The number of aryl methyl sites for hydroxylation is 1. The number of carbonyl (C=O) groups is 1. The van der Waals surface area contributed by atoms with E-state index in [-0.39, 0.29) is 12.1 Å². The van der Waals surface area contributed by atoms with Gasteiger partial charge >= 0.3 is 6.03 Å². The standard InChI is InChI=1S/C24H22Cl3N3O/c1-16-3-2-4-20(13-16)28-24(31)29-11-12-30(22-10-9-19(26)14-21(22)27)23(15-29)17-5-7-18(25)8-6-17/h2-10,13-14,23H,11-12,15H2,1H3,(H,28,31). The highest BCUT2D eigenvalue weighted by Crippen LogP contribution is 2.37. The van der Waals surface area contributed by atoms with Crippen molar-refractivity contribution >= 4 is 52.2 Å². The van der Waals surface area contributed by atoms with E-state index in [9.17, 15) is 4.79 Å². The summed E-state index contributed by atoms with van der Waals surface area (Å²) in [5, 5.41) is 4.86. The molecule has 7 heteroatoms. The molecule has 160 valence electrons. The average molecular weight is 475 g/mol. The highest BCUT2D eigenvalue weighted by Gasteiger charge is 2.32. The van der Waals surface area contributed by atoms with Crippen molar-refractivity contribution in [3.05, 3.63) is 92.9 Å². The van der Waals surface area contributed by atoms with Crippen LogP contribution in [0.4, 0.5) is 16.2 Å². The van der Waals surface area contributed by atoms with Crippen molar-refractivity contribution in [2.45, 2.75) is 13.0 Å². The number of carbonyl (C=O) groups excluding carboxylic acids is 1. The fourth-order valence-electron chi connectivity index (χ4n) is 3.87. The van der Waals surface area contributed by atoms with Crippen LogP contribution in [0.15, 0.2) is 66.7 Å². The van der Waals surface area contributed by atoms with Crippen molar-refractivity contribution in [2.75, 3.05) is 29.9 Å². The van der Waals surface area contributed by atoms with Gasteiger partial charge in [-0.1, -0.05) is 59.1 Å². The van der Waals surface area contributed by atoms with Crippen molar-refractivity contribution in [3.8, 4) is 0 Å². The topological polar surface area (TPSA) is 35.6 Å². The predicted molar refractivity (Wildman–Crippen MR) is 130 cm³/mol. The number of halogens is 3. The van der Waals surface area contributed by atoms with E-state index in [2.05, 4.69) is 10.2 Å². The number of hydrogen-bond acceptors (Lipinski definition) is 2. The molecule has 1 aliphatic rings. The molecule has 1 atom stereocenters. The Balaban J connectivity index is 1.60. The van der Waals surface area contributed by atoms with Gasteiger partial charge in [0.25, 0.3) is 0 Å². The molecular weight excluding hydrogens is 453 g/mol. The first-order valence-electron chi connectivity index (χ1n) is 10.0. The number of urea groups is 1. The largest absolute Gasteiger partial charge is 0.360 e. The smallest absolute Gasteiger partial charge is 0.321 e. The van der Waals surface area contributed by atoms with Crippen molar-refractivity contribution in [2.24, 2.45) is 0 Å². The SMILES string of the molecule is Cc1cccc(NC(=O)N2CCN(c3ccc(Cl)cc3Cl)C(c3ccc(Cl)cc3)C2)c1. The predicted octanol–water partition coefficient (Wildman–Crippen LogP) is 7.05. The molecular formula is C24H22Cl3N3O. The zero-order valence-electron chi connectivity index (χ0n) is 17.0. The van der Waals surface area contributed by atoms with Crippen LogP contribution in [0.1, 0.15) is 17.2 Å². The number of benzene rings is 3. The van der Waals surface area contributed by atoms with Gasteiger partial charge < -0.3 is 15.1 Å². The van der Waals surface area contributed by atoms with Crippen molar-refractivity contribution in [3.63, 3.8) is 0 Å². The van der Waals surface area contributed by atoms with E-state index >= 15 is 0 Å². The maximum absolute atomic E-state index is 13.0. The van der Waals surface area contributed by atoms with Crippen LogP contribution in [0.3, 0.4) is 0 Å². The second-order valence-electron chi connectivity index (χ2n) is 7.60. The summed E-state index contributed by atoms with van der Waals surface area (Å²) in [5.41, 5.74) is 3.84. The van der Waals surface area contributed by atoms with Crippen LogP contribution in [0, 0.1) is 6.92 Å². The molecule has 0 aliphatic carbocycles. The van der Waals surface area contributed by atoms with Gasteiger partial charge in [0.1, 0.15) is 0 Å². The number of piperazine rings is 1. The lowest BCUT2D eigenvalue weighted by atomic mass is 10.0. The molecule has 1 fully saturated rings. The Labute approximate surface area is 197 Å². The third-order valence-electron chi connectivity index (χ3n) is 5.41. The molecule has 3 aromatic carbocycles. The summed E-state index contributed by atoms with van der Waals surface area (Å²) in [7, 11) is 0. The van der Waals surface area contributed by atoms with Gasteiger partial charge in [-0.3, -0.25) is 0 Å². The second-order valence-corrected chi connectivity index (χ2v) is 8.88. The lowest BCUT2D eigenvalue weighted by Gasteiger charge is -2.43. The first-order chi connectivity index (χ1) is 14.9. The van der Waals surface area contributed by atoms with Gasteiger partial charge in [-0.25, -0.2) is 4.79 Å². The van der Waals surface area contributed by atoms with Crippen LogP contribution >= 0.6 is 34.8 Å². The van der Waals surface area contributed by atoms with E-state index < -0.39 is 0 Å². The first-order valence-corrected chi connectivity index (χ1v) is 11.1. The Bertz CT molecular complexity index is 1090. The van der Waals surface area contributed by atoms with E-state index in [1.54, 1.807) is 6.07 Å². The molecule has 31 heavy (non-hydrogen) atoms. The minimum atomic E-state index is -0.119. The zero-order valence-corrected chi connectivity index (χ0v) is 19.3. The van der Waals surface area contributed by atoms with Gasteiger partial charge in [-0.05, 0) is 60.5 Å². The molecule has 1 saturated heterocycles. The number of nitrogens with zero attached hydrogens (tertiary/aromatic N) is 2. The maximum Gasteiger partial charge on any atom is 0.321 e. The normalized spacial score (nSPS) is 16.3. The van der Waals surface area contributed by atoms with Crippen molar-refractivity contribution in [1.29, 1.82) is 0 Å². The van der Waals surface area contributed by atoms with Crippen molar-refractivity contribution in [1.82, 2.24) is 4.90 Å². The summed E-state index contributed by atoms with van der Waals surface area (Å²) >= 11 is 18.7. The summed E-state index contributed by atoms with van der Waals surface area (Å²) in [5.74, 6) is 0. The Morgan fingerprint density at radius 1 is 0.935 bits per heavy atom. The lowest BCUT2D eigenvalue weighted by molar-refractivity contribution is 0.198. The van der Waals surface area contributed by atoms with Gasteiger partial charge in [-0.15, -0.1) is 0 Å². The van der Waals surface area contributed by atoms with E-state index in [1.807, 2.05) is 72.5 Å². The quantitative estimate of drug-likeness (QED) is 0.441. The van der Waals surface area contributed by atoms with Crippen LogP contribution in [-0.2, 0) is 0 Å². The van der Waals surface area contributed by atoms with Gasteiger partial charge in [-0.2, -0.15) is 0 Å². The van der Waals surface area contributed by atoms with Crippen LogP contribution in [-0.4, -0.2) is 30.6 Å². The molecule has 1 heterocycles. The highest BCUT2D eigenvalue weighted by molar-refractivity contribution is 6.36. The number of rotatable bonds is 3. The van der Waals surface area contributed by atoms with E-state index in [0.717, 1.165) is 22.5 Å². The molecule has 0 bridgehead atoms. The van der Waals surface area contributed by atoms with Gasteiger partial charge in [0.15, 0.2) is 0 Å². The summed E-state index contributed by atoms with van der Waals surface area (Å²) in [6.07, 6.45) is 0. The molecule has 3 aromatic rings. The number of anilines is 2. The Morgan fingerprint density at radius 2 is 1.68 bits per heavy atom. The fourth-order valence-corrected chi connectivity index (χ4v) is 4.51. The minimum Gasteiger partial charge on any atom is -0.360 e. The maximum atomic E-state index is 13.0. The molecule has 0 spiro atoms. The zero-order chi connectivity index (χ0) is 22.0. The number of hydrogen-bond donors (Lipinski definition) is 1. The fraction of sp³-hybridized carbons (Fsp3) is 0.208. The van der Waals surface area contributed by atoms with Gasteiger partial charge in [0, 0.05) is 35.4 Å². The summed E-state index contributed by atoms with van der Waals surface area (Å²) in [6, 6.07) is 20.8. The van der Waals surface area contributed by atoms with E-state index in [4.69, 9.17) is 34.8 Å². The molecule has 4 rings (SSSR count). The molecule has 1 unspecified atom stereocenters. The average Bonchev–Trinajstić information content (AvgIpc) is 2.74. The van der Waals surface area contributed by atoms with E-state index in [1.165, 1.54) is 0 Å². The molecule has 1 N–H and O–H groups in total.